The van der Waals surface area contributed by atoms with Crippen LogP contribution in [0.3, 0.4) is 0 Å². The van der Waals surface area contributed by atoms with Crippen molar-refractivity contribution >= 4 is 11.6 Å². The molecule has 1 heterocycles. The molecule has 104 valence electrons. The molecule has 0 saturated carbocycles. The van der Waals surface area contributed by atoms with E-state index in [1.54, 1.807) is 0 Å². The highest BCUT2D eigenvalue weighted by Gasteiger charge is 2.16. The minimum absolute atomic E-state index is 0.0925. The number of ether oxygens (including phenoxy) is 1. The first kappa shape index (κ1) is 13.8. The van der Waals surface area contributed by atoms with Crippen LogP contribution in [0.1, 0.15) is 12.5 Å². The molecule has 0 fully saturated rings. The number of fused-ring (bicyclic) bond motifs is 1. The average molecular weight is 263 g/mol. The molecule has 0 atom stereocenters. The minimum atomic E-state index is -0.0925. The number of anilines is 1. The van der Waals surface area contributed by atoms with E-state index in [9.17, 15) is 4.79 Å². The molecule has 19 heavy (non-hydrogen) atoms. The normalized spacial score (nSPS) is 13.9. The summed E-state index contributed by atoms with van der Waals surface area (Å²) in [6.45, 7) is 6.04. The largest absolute Gasteiger partial charge is 0.482 e. The fraction of sp³-hybridized carbons (Fsp3) is 0.500. The molecule has 2 rings (SSSR count). The van der Waals surface area contributed by atoms with E-state index >= 15 is 0 Å². The third-order valence-corrected chi connectivity index (χ3v) is 3.05. The SMILES string of the molecule is CCNCCN(C)Cc1ccc2c(c1)NC(=O)CO2. The highest BCUT2D eigenvalue weighted by molar-refractivity contribution is 5.95. The van der Waals surface area contributed by atoms with E-state index in [-0.39, 0.29) is 12.5 Å². The lowest BCUT2D eigenvalue weighted by molar-refractivity contribution is -0.118. The monoisotopic (exact) mass is 263 g/mol. The van der Waals surface area contributed by atoms with Crippen molar-refractivity contribution in [2.45, 2.75) is 13.5 Å². The molecule has 5 heteroatoms. The van der Waals surface area contributed by atoms with Crippen molar-refractivity contribution in [2.75, 3.05) is 38.6 Å². The number of carbonyl (C=O) groups excluding carboxylic acids is 1. The number of amides is 1. The Kier molecular flexibility index (Phi) is 4.76. The van der Waals surface area contributed by atoms with Crippen molar-refractivity contribution in [3.05, 3.63) is 23.8 Å². The van der Waals surface area contributed by atoms with E-state index in [0.29, 0.717) is 0 Å². The molecule has 1 aromatic carbocycles. The summed E-state index contributed by atoms with van der Waals surface area (Å²) in [6, 6.07) is 5.94. The van der Waals surface area contributed by atoms with E-state index in [2.05, 4.69) is 29.5 Å². The first-order valence-corrected chi connectivity index (χ1v) is 6.64. The van der Waals surface area contributed by atoms with Crippen LogP contribution >= 0.6 is 0 Å². The molecular weight excluding hydrogens is 242 g/mol. The molecule has 1 aliphatic heterocycles. The summed E-state index contributed by atoms with van der Waals surface area (Å²) in [5.41, 5.74) is 1.94. The standard InChI is InChI=1S/C14H21N3O2/c1-3-15-6-7-17(2)9-11-4-5-13-12(8-11)16-14(18)10-19-13/h4-5,8,15H,3,6-7,9-10H2,1-2H3,(H,16,18). The van der Waals surface area contributed by atoms with E-state index in [0.717, 1.165) is 37.6 Å². The highest BCUT2D eigenvalue weighted by atomic mass is 16.5. The topological polar surface area (TPSA) is 53.6 Å². The number of likely N-dealkylation sites (N-methyl/N-ethyl adjacent to an activating group) is 2. The first-order chi connectivity index (χ1) is 9.19. The van der Waals surface area contributed by atoms with Crippen molar-refractivity contribution < 1.29 is 9.53 Å². The fourth-order valence-corrected chi connectivity index (χ4v) is 2.07. The Bertz CT molecular complexity index is 448. The summed E-state index contributed by atoms with van der Waals surface area (Å²) in [6.07, 6.45) is 0. The van der Waals surface area contributed by atoms with Crippen LogP contribution in [0.5, 0.6) is 5.75 Å². The van der Waals surface area contributed by atoms with Gasteiger partial charge in [0.05, 0.1) is 5.69 Å². The van der Waals surface area contributed by atoms with Crippen LogP contribution < -0.4 is 15.4 Å². The second kappa shape index (κ2) is 6.54. The summed E-state index contributed by atoms with van der Waals surface area (Å²) in [5, 5.41) is 6.13. The second-order valence-electron chi connectivity index (χ2n) is 4.76. The van der Waals surface area contributed by atoms with Crippen molar-refractivity contribution in [2.24, 2.45) is 0 Å². The lowest BCUT2D eigenvalue weighted by atomic mass is 10.1. The lowest BCUT2D eigenvalue weighted by Gasteiger charge is -2.21. The van der Waals surface area contributed by atoms with Crippen LogP contribution in [-0.2, 0) is 11.3 Å². The molecule has 1 aromatic rings. The summed E-state index contributed by atoms with van der Waals surface area (Å²) >= 11 is 0. The van der Waals surface area contributed by atoms with Gasteiger partial charge in [-0.05, 0) is 31.3 Å². The van der Waals surface area contributed by atoms with Crippen LogP contribution in [0.25, 0.3) is 0 Å². The van der Waals surface area contributed by atoms with Crippen molar-refractivity contribution in [1.29, 1.82) is 0 Å². The third kappa shape index (κ3) is 3.94. The van der Waals surface area contributed by atoms with E-state index in [1.165, 1.54) is 5.56 Å². The van der Waals surface area contributed by atoms with E-state index in [1.807, 2.05) is 18.2 Å². The Balaban J connectivity index is 1.94. The quantitative estimate of drug-likeness (QED) is 0.754. The highest BCUT2D eigenvalue weighted by Crippen LogP contribution is 2.28. The zero-order chi connectivity index (χ0) is 13.7. The number of carbonyl (C=O) groups is 1. The number of hydrogen-bond acceptors (Lipinski definition) is 4. The van der Waals surface area contributed by atoms with Crippen LogP contribution in [0.2, 0.25) is 0 Å². The molecule has 0 spiro atoms. The summed E-state index contributed by atoms with van der Waals surface area (Å²) in [4.78, 5) is 13.5. The van der Waals surface area contributed by atoms with Gasteiger partial charge in [-0.25, -0.2) is 0 Å². The maximum absolute atomic E-state index is 11.3. The predicted octanol–water partition coefficient (Wildman–Crippen LogP) is 1.06. The predicted molar refractivity (Wildman–Crippen MR) is 75.4 cm³/mol. The maximum Gasteiger partial charge on any atom is 0.262 e. The van der Waals surface area contributed by atoms with Gasteiger partial charge >= 0.3 is 0 Å². The number of hydrogen-bond donors (Lipinski definition) is 2. The van der Waals surface area contributed by atoms with Gasteiger partial charge in [-0.15, -0.1) is 0 Å². The molecule has 1 aliphatic rings. The molecule has 1 amide bonds. The zero-order valence-electron chi connectivity index (χ0n) is 11.5. The number of nitrogens with zero attached hydrogens (tertiary/aromatic N) is 1. The maximum atomic E-state index is 11.3. The lowest BCUT2D eigenvalue weighted by Crippen LogP contribution is -2.29. The van der Waals surface area contributed by atoms with Crippen molar-refractivity contribution in [3.63, 3.8) is 0 Å². The summed E-state index contributed by atoms with van der Waals surface area (Å²) < 4.78 is 5.34. The van der Waals surface area contributed by atoms with E-state index in [4.69, 9.17) is 4.74 Å². The molecule has 0 aromatic heterocycles. The van der Waals surface area contributed by atoms with E-state index < -0.39 is 0 Å². The van der Waals surface area contributed by atoms with Gasteiger partial charge in [0.25, 0.3) is 5.91 Å². The van der Waals surface area contributed by atoms with Gasteiger partial charge in [0.1, 0.15) is 5.75 Å². The van der Waals surface area contributed by atoms with Gasteiger partial charge in [0.2, 0.25) is 0 Å². The van der Waals surface area contributed by atoms with Gasteiger partial charge in [0, 0.05) is 19.6 Å². The van der Waals surface area contributed by atoms with Crippen LogP contribution in [0.4, 0.5) is 5.69 Å². The first-order valence-electron chi connectivity index (χ1n) is 6.64. The number of rotatable bonds is 6. The van der Waals surface area contributed by atoms with Gasteiger partial charge in [0.15, 0.2) is 6.61 Å². The molecule has 0 unspecified atom stereocenters. The Morgan fingerprint density at radius 1 is 1.47 bits per heavy atom. The van der Waals surface area contributed by atoms with Gasteiger partial charge in [-0.2, -0.15) is 0 Å². The van der Waals surface area contributed by atoms with Gasteiger partial charge < -0.3 is 20.3 Å². The van der Waals surface area contributed by atoms with Crippen molar-refractivity contribution in [3.8, 4) is 5.75 Å². The van der Waals surface area contributed by atoms with Crippen LogP contribution in [-0.4, -0.2) is 44.1 Å². The summed E-state index contributed by atoms with van der Waals surface area (Å²) in [7, 11) is 2.09. The molecule has 5 nitrogen and oxygen atoms in total. The Hall–Kier alpha value is -1.59. The Morgan fingerprint density at radius 2 is 2.32 bits per heavy atom. The second-order valence-corrected chi connectivity index (χ2v) is 4.76. The molecule has 0 saturated heterocycles. The van der Waals surface area contributed by atoms with Gasteiger partial charge in [-0.3, -0.25) is 4.79 Å². The molecule has 0 radical (unpaired) electrons. The molecule has 0 bridgehead atoms. The van der Waals surface area contributed by atoms with Crippen LogP contribution in [0, 0.1) is 0 Å². The Labute approximate surface area is 113 Å². The molecular formula is C14H21N3O2. The smallest absolute Gasteiger partial charge is 0.262 e. The van der Waals surface area contributed by atoms with Crippen LogP contribution in [0.15, 0.2) is 18.2 Å². The molecule has 0 aliphatic carbocycles. The fourth-order valence-electron chi connectivity index (χ4n) is 2.07. The van der Waals surface area contributed by atoms with Gasteiger partial charge in [-0.1, -0.05) is 13.0 Å². The minimum Gasteiger partial charge on any atom is -0.482 e. The number of benzene rings is 1. The summed E-state index contributed by atoms with van der Waals surface area (Å²) in [5.74, 6) is 0.656. The molecule has 2 N–H and O–H groups in total. The Morgan fingerprint density at radius 3 is 3.11 bits per heavy atom. The number of nitrogens with one attached hydrogen (secondary N) is 2. The zero-order valence-corrected chi connectivity index (χ0v) is 11.5. The third-order valence-electron chi connectivity index (χ3n) is 3.05. The average Bonchev–Trinajstić information content (AvgIpc) is 2.38. The van der Waals surface area contributed by atoms with Crippen molar-refractivity contribution in [1.82, 2.24) is 10.2 Å².